The largest absolute Gasteiger partial charge is 0.463 e. The maximum Gasteiger partial charge on any atom is 0.330 e. The lowest BCUT2D eigenvalue weighted by Crippen LogP contribution is -2.49. The fourth-order valence-electron chi connectivity index (χ4n) is 7.46. The standard InChI is InChI=1S/C26H36O3/c1-5-29-24(28)11-6-17(2)21-9-10-22-20-8-7-18-16-19(27)12-14-25(18,3)23(20)13-15-26(21,22)4/h6-8,11,16-17,20-23H,5,9-10,12-15H2,1-4H3/b11-6+/t17-,20?,21-,22?,23?,25+,26-/m1/s1. The second-order valence-corrected chi connectivity index (χ2v) is 10.3. The van der Waals surface area contributed by atoms with E-state index in [4.69, 9.17) is 4.74 Å². The molecule has 0 N–H and O–H groups in total. The molecule has 3 unspecified atom stereocenters. The van der Waals surface area contributed by atoms with E-state index in [1.54, 1.807) is 6.08 Å². The Labute approximate surface area is 175 Å². The molecule has 4 rings (SSSR count). The van der Waals surface area contributed by atoms with Crippen molar-refractivity contribution in [1.29, 1.82) is 0 Å². The minimum atomic E-state index is -0.225. The Morgan fingerprint density at radius 3 is 2.79 bits per heavy atom. The average molecular weight is 397 g/mol. The molecule has 4 aliphatic rings. The zero-order valence-electron chi connectivity index (χ0n) is 18.4. The summed E-state index contributed by atoms with van der Waals surface area (Å²) in [5.41, 5.74) is 1.77. The van der Waals surface area contributed by atoms with Crippen LogP contribution in [-0.4, -0.2) is 18.4 Å². The van der Waals surface area contributed by atoms with E-state index in [-0.39, 0.29) is 11.4 Å². The SMILES string of the molecule is CCOC(=O)/C=C/[C@@H](C)[C@H]1CCC2C3C=CC4=CC(=O)CC[C@]4(C)C3CC[C@@]21C. The van der Waals surface area contributed by atoms with E-state index in [1.807, 2.05) is 13.0 Å². The van der Waals surface area contributed by atoms with Gasteiger partial charge in [0.1, 0.15) is 0 Å². The Kier molecular flexibility index (Phi) is 5.38. The monoisotopic (exact) mass is 396 g/mol. The molecule has 2 fully saturated rings. The van der Waals surface area contributed by atoms with Crippen LogP contribution in [0.15, 0.2) is 36.0 Å². The van der Waals surface area contributed by atoms with Crippen LogP contribution in [-0.2, 0) is 14.3 Å². The molecule has 0 aliphatic heterocycles. The molecule has 0 aromatic carbocycles. The molecule has 0 radical (unpaired) electrons. The van der Waals surface area contributed by atoms with Crippen LogP contribution < -0.4 is 0 Å². The van der Waals surface area contributed by atoms with Crippen LogP contribution in [0.2, 0.25) is 0 Å². The highest BCUT2D eigenvalue weighted by Gasteiger charge is 2.58. The molecule has 3 heteroatoms. The summed E-state index contributed by atoms with van der Waals surface area (Å²) >= 11 is 0. The van der Waals surface area contributed by atoms with Gasteiger partial charge in [0.25, 0.3) is 0 Å². The minimum Gasteiger partial charge on any atom is -0.463 e. The van der Waals surface area contributed by atoms with Crippen molar-refractivity contribution in [3.63, 3.8) is 0 Å². The lowest BCUT2D eigenvalue weighted by molar-refractivity contribution is -0.137. The summed E-state index contributed by atoms with van der Waals surface area (Å²) < 4.78 is 5.06. The molecule has 2 saturated carbocycles. The fraction of sp³-hybridized carbons (Fsp3) is 0.692. The third kappa shape index (κ3) is 3.35. The van der Waals surface area contributed by atoms with Crippen LogP contribution in [0.5, 0.6) is 0 Å². The van der Waals surface area contributed by atoms with Crippen molar-refractivity contribution >= 4 is 11.8 Å². The first-order valence-electron chi connectivity index (χ1n) is 11.6. The van der Waals surface area contributed by atoms with Crippen LogP contribution in [0.1, 0.15) is 66.2 Å². The van der Waals surface area contributed by atoms with Crippen molar-refractivity contribution < 1.29 is 14.3 Å². The molecule has 4 aliphatic carbocycles. The van der Waals surface area contributed by atoms with Gasteiger partial charge in [0.05, 0.1) is 6.61 Å². The summed E-state index contributed by atoms with van der Waals surface area (Å²) in [6.07, 6.45) is 17.1. The van der Waals surface area contributed by atoms with Gasteiger partial charge in [-0.05, 0) is 91.1 Å². The average Bonchev–Trinajstić information content (AvgIpc) is 3.04. The maximum atomic E-state index is 12.0. The normalized spacial score (nSPS) is 42.1. The van der Waals surface area contributed by atoms with Crippen LogP contribution in [0.4, 0.5) is 0 Å². The van der Waals surface area contributed by atoms with Gasteiger partial charge in [-0.3, -0.25) is 4.79 Å². The van der Waals surface area contributed by atoms with E-state index in [9.17, 15) is 9.59 Å². The summed E-state index contributed by atoms with van der Waals surface area (Å²) in [6, 6.07) is 0. The van der Waals surface area contributed by atoms with Gasteiger partial charge in [0.15, 0.2) is 5.78 Å². The molecule has 0 bridgehead atoms. The summed E-state index contributed by atoms with van der Waals surface area (Å²) in [5, 5.41) is 0. The highest BCUT2D eigenvalue weighted by molar-refractivity contribution is 5.92. The first-order valence-corrected chi connectivity index (χ1v) is 11.6. The zero-order valence-corrected chi connectivity index (χ0v) is 18.4. The van der Waals surface area contributed by atoms with E-state index >= 15 is 0 Å². The Morgan fingerprint density at radius 1 is 1.24 bits per heavy atom. The van der Waals surface area contributed by atoms with Gasteiger partial charge in [-0.2, -0.15) is 0 Å². The molecular formula is C26H36O3. The van der Waals surface area contributed by atoms with E-state index in [2.05, 4.69) is 39.0 Å². The van der Waals surface area contributed by atoms with Gasteiger partial charge < -0.3 is 4.74 Å². The van der Waals surface area contributed by atoms with Crippen molar-refractivity contribution in [2.24, 2.45) is 40.4 Å². The Bertz CT molecular complexity index is 775. The van der Waals surface area contributed by atoms with E-state index in [0.29, 0.717) is 53.8 Å². The fourth-order valence-corrected chi connectivity index (χ4v) is 7.46. The van der Waals surface area contributed by atoms with Gasteiger partial charge in [-0.15, -0.1) is 0 Å². The van der Waals surface area contributed by atoms with Gasteiger partial charge >= 0.3 is 5.97 Å². The summed E-state index contributed by atoms with van der Waals surface area (Å²) in [4.78, 5) is 23.7. The number of fused-ring (bicyclic) bond motifs is 5. The lowest BCUT2D eigenvalue weighted by atomic mass is 9.48. The predicted octanol–water partition coefficient (Wildman–Crippen LogP) is 5.67. The quantitative estimate of drug-likeness (QED) is 0.454. The molecule has 0 saturated heterocycles. The van der Waals surface area contributed by atoms with Crippen LogP contribution in [0, 0.1) is 40.4 Å². The number of carbonyl (C=O) groups is 2. The van der Waals surface area contributed by atoms with E-state index < -0.39 is 0 Å². The van der Waals surface area contributed by atoms with Gasteiger partial charge in [0.2, 0.25) is 0 Å². The molecule has 158 valence electrons. The third-order valence-electron chi connectivity index (χ3n) is 9.05. The number of esters is 1. The smallest absolute Gasteiger partial charge is 0.330 e. The Balaban J connectivity index is 1.56. The van der Waals surface area contributed by atoms with E-state index in [1.165, 1.54) is 31.3 Å². The number of allylic oxidation sites excluding steroid dienone is 5. The first-order chi connectivity index (χ1) is 13.8. The van der Waals surface area contributed by atoms with Crippen molar-refractivity contribution in [3.05, 3.63) is 36.0 Å². The number of ketones is 1. The molecule has 7 atom stereocenters. The van der Waals surface area contributed by atoms with Gasteiger partial charge in [-0.1, -0.05) is 39.0 Å². The molecule has 0 aromatic rings. The van der Waals surface area contributed by atoms with E-state index in [0.717, 1.165) is 6.42 Å². The van der Waals surface area contributed by atoms with Crippen LogP contribution >= 0.6 is 0 Å². The highest BCUT2D eigenvalue weighted by atomic mass is 16.5. The molecule has 29 heavy (non-hydrogen) atoms. The molecule has 3 nitrogen and oxygen atoms in total. The maximum absolute atomic E-state index is 12.0. The summed E-state index contributed by atoms with van der Waals surface area (Å²) in [6.45, 7) is 9.46. The van der Waals surface area contributed by atoms with Gasteiger partial charge in [0, 0.05) is 12.5 Å². The van der Waals surface area contributed by atoms with Crippen molar-refractivity contribution in [3.8, 4) is 0 Å². The second kappa shape index (κ2) is 7.56. The topological polar surface area (TPSA) is 43.4 Å². The van der Waals surface area contributed by atoms with Crippen molar-refractivity contribution in [2.75, 3.05) is 6.61 Å². The van der Waals surface area contributed by atoms with Gasteiger partial charge in [-0.25, -0.2) is 4.79 Å². The second-order valence-electron chi connectivity index (χ2n) is 10.3. The summed E-state index contributed by atoms with van der Waals surface area (Å²) in [5.74, 6) is 3.06. The summed E-state index contributed by atoms with van der Waals surface area (Å²) in [7, 11) is 0. The Hall–Kier alpha value is -1.64. The minimum absolute atomic E-state index is 0.169. The Morgan fingerprint density at radius 2 is 2.03 bits per heavy atom. The number of rotatable bonds is 4. The number of hydrogen-bond acceptors (Lipinski definition) is 3. The first kappa shape index (κ1) is 20.6. The van der Waals surface area contributed by atoms with Crippen molar-refractivity contribution in [2.45, 2.75) is 66.2 Å². The molecule has 0 amide bonds. The lowest BCUT2D eigenvalue weighted by Gasteiger charge is -2.56. The molecule has 0 spiro atoms. The van der Waals surface area contributed by atoms with Crippen LogP contribution in [0.3, 0.4) is 0 Å². The zero-order chi connectivity index (χ0) is 20.8. The van der Waals surface area contributed by atoms with Crippen molar-refractivity contribution in [1.82, 2.24) is 0 Å². The molecular weight excluding hydrogens is 360 g/mol. The predicted molar refractivity (Wildman–Crippen MR) is 115 cm³/mol. The number of carbonyl (C=O) groups excluding carboxylic acids is 2. The highest BCUT2D eigenvalue weighted by Crippen LogP contribution is 2.66. The number of hydrogen-bond donors (Lipinski definition) is 0. The third-order valence-corrected chi connectivity index (χ3v) is 9.05. The number of ether oxygens (including phenoxy) is 1. The molecule has 0 heterocycles. The van der Waals surface area contributed by atoms with Crippen LogP contribution in [0.25, 0.3) is 0 Å². The molecule has 0 aromatic heterocycles.